The predicted octanol–water partition coefficient (Wildman–Crippen LogP) is 3.03. The Morgan fingerprint density at radius 1 is 1.15 bits per heavy atom. The van der Waals surface area contributed by atoms with Crippen molar-refractivity contribution in [3.05, 3.63) is 0 Å². The molecule has 2 rings (SSSR count). The Kier molecular flexibility index (Phi) is 4.27. The molecular weight excluding hydrogens is 248 g/mol. The number of nitrogens with two attached hydrogens (primary N) is 1. The number of hydrogen-bond acceptors (Lipinski definition) is 3. The fraction of sp³-hybridized carbons (Fsp3) is 1.00. The molecule has 0 aromatic carbocycles. The van der Waals surface area contributed by atoms with Crippen molar-refractivity contribution in [1.82, 2.24) is 4.90 Å². The molecule has 3 nitrogen and oxygen atoms in total. The molecule has 1 aliphatic heterocycles. The fourth-order valence-corrected chi connectivity index (χ4v) is 4.62. The van der Waals surface area contributed by atoms with Gasteiger partial charge in [-0.05, 0) is 51.4 Å². The monoisotopic (exact) mass is 282 g/mol. The summed E-state index contributed by atoms with van der Waals surface area (Å²) >= 11 is 0. The summed E-state index contributed by atoms with van der Waals surface area (Å²) in [5.41, 5.74) is 6.87. The first-order valence-corrected chi connectivity index (χ1v) is 8.23. The minimum atomic E-state index is -0.0630. The number of ether oxygens (including phenoxy) is 1. The first kappa shape index (κ1) is 16.3. The van der Waals surface area contributed by atoms with E-state index in [4.69, 9.17) is 10.5 Å². The summed E-state index contributed by atoms with van der Waals surface area (Å²) in [6.07, 6.45) is 4.07. The van der Waals surface area contributed by atoms with Crippen molar-refractivity contribution in [3.63, 3.8) is 0 Å². The highest BCUT2D eigenvalue weighted by atomic mass is 16.5. The number of nitrogens with zero attached hydrogens (tertiary/aromatic N) is 1. The fourth-order valence-electron chi connectivity index (χ4n) is 4.62. The zero-order chi connectivity index (χ0) is 15.2. The van der Waals surface area contributed by atoms with E-state index in [9.17, 15) is 0 Å². The molecule has 0 bridgehead atoms. The molecule has 1 aliphatic carbocycles. The molecule has 2 fully saturated rings. The van der Waals surface area contributed by atoms with Gasteiger partial charge in [0.05, 0.1) is 11.7 Å². The van der Waals surface area contributed by atoms with Gasteiger partial charge in [0.25, 0.3) is 0 Å². The maximum Gasteiger partial charge on any atom is 0.0757 e. The van der Waals surface area contributed by atoms with Crippen LogP contribution in [0.2, 0.25) is 0 Å². The molecule has 0 radical (unpaired) electrons. The normalized spacial score (nSPS) is 41.5. The second-order valence-corrected chi connectivity index (χ2v) is 8.65. The second kappa shape index (κ2) is 5.26. The van der Waals surface area contributed by atoms with E-state index in [0.717, 1.165) is 19.6 Å². The molecule has 20 heavy (non-hydrogen) atoms. The first-order chi connectivity index (χ1) is 9.10. The maximum absolute atomic E-state index is 6.30. The molecule has 0 aromatic rings. The Labute approximate surface area is 125 Å². The lowest BCUT2D eigenvalue weighted by Crippen LogP contribution is -2.67. The Hall–Kier alpha value is -0.120. The smallest absolute Gasteiger partial charge is 0.0757 e. The molecular formula is C17H34N2O. The van der Waals surface area contributed by atoms with Gasteiger partial charge in [-0.2, -0.15) is 0 Å². The lowest BCUT2D eigenvalue weighted by atomic mass is 9.63. The minimum absolute atomic E-state index is 0.0630. The Morgan fingerprint density at radius 3 is 2.30 bits per heavy atom. The summed E-state index contributed by atoms with van der Waals surface area (Å²) < 4.78 is 6.08. The van der Waals surface area contributed by atoms with Crippen LogP contribution in [-0.2, 0) is 4.74 Å². The molecule has 1 saturated carbocycles. The van der Waals surface area contributed by atoms with Crippen LogP contribution in [0, 0.1) is 11.3 Å². The third kappa shape index (κ3) is 3.05. The van der Waals surface area contributed by atoms with E-state index in [0.29, 0.717) is 17.4 Å². The topological polar surface area (TPSA) is 38.5 Å². The summed E-state index contributed by atoms with van der Waals surface area (Å²) in [7, 11) is 0. The van der Waals surface area contributed by atoms with Crippen molar-refractivity contribution in [1.29, 1.82) is 0 Å². The highest BCUT2D eigenvalue weighted by molar-refractivity contribution is 5.04. The molecule has 0 aromatic heterocycles. The molecule has 2 N–H and O–H groups in total. The zero-order valence-corrected chi connectivity index (χ0v) is 14.3. The Balaban J connectivity index is 2.23. The van der Waals surface area contributed by atoms with Crippen LogP contribution < -0.4 is 5.73 Å². The lowest BCUT2D eigenvalue weighted by molar-refractivity contribution is -0.168. The lowest BCUT2D eigenvalue weighted by Gasteiger charge is -2.57. The van der Waals surface area contributed by atoms with Gasteiger partial charge in [-0.3, -0.25) is 4.90 Å². The number of hydrogen-bond donors (Lipinski definition) is 1. The highest BCUT2D eigenvalue weighted by Gasteiger charge is 2.49. The molecule has 1 saturated heterocycles. The summed E-state index contributed by atoms with van der Waals surface area (Å²) in [4.78, 5) is 2.65. The summed E-state index contributed by atoms with van der Waals surface area (Å²) in [5, 5.41) is 0. The SMILES string of the molecule is CC1CN(C2(CN)CCC(C)(C)CC2C)CC(C)(C)O1. The third-order valence-electron chi connectivity index (χ3n) is 5.56. The van der Waals surface area contributed by atoms with Crippen LogP contribution in [0.25, 0.3) is 0 Å². The van der Waals surface area contributed by atoms with Gasteiger partial charge in [-0.25, -0.2) is 0 Å². The predicted molar refractivity (Wildman–Crippen MR) is 84.8 cm³/mol. The molecule has 1 heterocycles. The Morgan fingerprint density at radius 2 is 1.80 bits per heavy atom. The van der Waals surface area contributed by atoms with Gasteiger partial charge < -0.3 is 10.5 Å². The quantitative estimate of drug-likeness (QED) is 0.846. The molecule has 3 heteroatoms. The summed E-state index contributed by atoms with van der Waals surface area (Å²) in [5.74, 6) is 0.650. The van der Waals surface area contributed by atoms with Gasteiger partial charge in [-0.1, -0.05) is 20.8 Å². The summed E-state index contributed by atoms with van der Waals surface area (Å²) in [6.45, 7) is 16.6. The van der Waals surface area contributed by atoms with E-state index in [1.165, 1.54) is 19.3 Å². The molecule has 0 amide bonds. The van der Waals surface area contributed by atoms with Crippen LogP contribution in [0.1, 0.15) is 60.8 Å². The van der Waals surface area contributed by atoms with Crippen molar-refractivity contribution < 1.29 is 4.74 Å². The van der Waals surface area contributed by atoms with Crippen LogP contribution in [0.5, 0.6) is 0 Å². The summed E-state index contributed by atoms with van der Waals surface area (Å²) in [6, 6.07) is 0. The number of rotatable bonds is 2. The van der Waals surface area contributed by atoms with Crippen molar-refractivity contribution in [2.24, 2.45) is 17.1 Å². The van der Waals surface area contributed by atoms with Crippen molar-refractivity contribution in [2.75, 3.05) is 19.6 Å². The van der Waals surface area contributed by atoms with Gasteiger partial charge in [0.15, 0.2) is 0 Å². The molecule has 0 spiro atoms. The first-order valence-electron chi connectivity index (χ1n) is 8.23. The van der Waals surface area contributed by atoms with Crippen molar-refractivity contribution >= 4 is 0 Å². The average Bonchev–Trinajstić information content (AvgIpc) is 2.25. The van der Waals surface area contributed by atoms with E-state index in [-0.39, 0.29) is 11.1 Å². The third-order valence-corrected chi connectivity index (χ3v) is 5.56. The van der Waals surface area contributed by atoms with Crippen LogP contribution in [0.4, 0.5) is 0 Å². The van der Waals surface area contributed by atoms with Crippen LogP contribution in [0.3, 0.4) is 0 Å². The molecule has 2 aliphatic rings. The van der Waals surface area contributed by atoms with E-state index in [1.807, 2.05) is 0 Å². The van der Waals surface area contributed by atoms with E-state index < -0.39 is 0 Å². The number of morpholine rings is 1. The van der Waals surface area contributed by atoms with E-state index in [2.05, 4.69) is 46.4 Å². The molecule has 3 unspecified atom stereocenters. The second-order valence-electron chi connectivity index (χ2n) is 8.65. The van der Waals surface area contributed by atoms with Crippen molar-refractivity contribution in [3.8, 4) is 0 Å². The largest absolute Gasteiger partial charge is 0.370 e. The minimum Gasteiger partial charge on any atom is -0.370 e. The van der Waals surface area contributed by atoms with Gasteiger partial charge >= 0.3 is 0 Å². The average molecular weight is 282 g/mol. The van der Waals surface area contributed by atoms with Crippen LogP contribution >= 0.6 is 0 Å². The maximum atomic E-state index is 6.30. The Bertz CT molecular complexity index is 353. The van der Waals surface area contributed by atoms with Gasteiger partial charge in [-0.15, -0.1) is 0 Å². The van der Waals surface area contributed by atoms with Gasteiger partial charge in [0, 0.05) is 25.2 Å². The standard InChI is InChI=1S/C17H34N2O/c1-13-9-15(3,4)7-8-17(13,11-18)19-10-14(2)20-16(5,6)12-19/h13-14H,7-12,18H2,1-6H3. The van der Waals surface area contributed by atoms with E-state index in [1.54, 1.807) is 0 Å². The van der Waals surface area contributed by atoms with Crippen LogP contribution in [0.15, 0.2) is 0 Å². The van der Waals surface area contributed by atoms with E-state index >= 15 is 0 Å². The highest BCUT2D eigenvalue weighted by Crippen LogP contribution is 2.47. The molecule has 3 atom stereocenters. The zero-order valence-electron chi connectivity index (χ0n) is 14.3. The van der Waals surface area contributed by atoms with Crippen LogP contribution in [-0.4, -0.2) is 41.8 Å². The molecule has 118 valence electrons. The van der Waals surface area contributed by atoms with Crippen molar-refractivity contribution in [2.45, 2.75) is 78.0 Å². The van der Waals surface area contributed by atoms with Gasteiger partial charge in [0.2, 0.25) is 0 Å². The van der Waals surface area contributed by atoms with Gasteiger partial charge in [0.1, 0.15) is 0 Å².